The van der Waals surface area contributed by atoms with Crippen LogP contribution in [0.4, 0.5) is 5.69 Å². The van der Waals surface area contributed by atoms with Crippen molar-refractivity contribution in [3.8, 4) is 5.75 Å². The fourth-order valence-corrected chi connectivity index (χ4v) is 6.41. The molecule has 0 aliphatic rings. The molecule has 0 bridgehead atoms. The number of amides is 2. The zero-order valence-electron chi connectivity index (χ0n) is 27.1. The molecule has 4 aromatic rings. The summed E-state index contributed by atoms with van der Waals surface area (Å²) in [4.78, 5) is 30.1. The minimum Gasteiger partial charge on any atom is -0.497 e. The van der Waals surface area contributed by atoms with E-state index in [0.717, 1.165) is 33.0 Å². The molecule has 9 heteroatoms. The third-order valence-corrected chi connectivity index (χ3v) is 9.78. The van der Waals surface area contributed by atoms with Gasteiger partial charge in [0.1, 0.15) is 18.3 Å². The van der Waals surface area contributed by atoms with Crippen molar-refractivity contribution < 1.29 is 22.7 Å². The molecule has 0 aliphatic carbocycles. The summed E-state index contributed by atoms with van der Waals surface area (Å²) < 4.78 is 34.8. The topological polar surface area (TPSA) is 96.0 Å². The largest absolute Gasteiger partial charge is 0.497 e. The molecule has 2 atom stereocenters. The van der Waals surface area contributed by atoms with Gasteiger partial charge in [-0.1, -0.05) is 84.8 Å². The molecular formula is C37H43N3O5S. The van der Waals surface area contributed by atoms with Crippen molar-refractivity contribution in [3.63, 3.8) is 0 Å². The van der Waals surface area contributed by atoms with Crippen molar-refractivity contribution >= 4 is 27.5 Å². The van der Waals surface area contributed by atoms with Crippen LogP contribution in [0, 0.1) is 13.8 Å². The number of carbonyl (C=O) groups excluding carboxylic acids is 2. The van der Waals surface area contributed by atoms with Crippen LogP contribution < -0.4 is 14.4 Å². The number of sulfonamides is 1. The monoisotopic (exact) mass is 641 g/mol. The van der Waals surface area contributed by atoms with E-state index < -0.39 is 28.5 Å². The lowest BCUT2D eigenvalue weighted by Crippen LogP contribution is -2.54. The Morgan fingerprint density at radius 1 is 0.804 bits per heavy atom. The molecule has 0 aromatic heterocycles. The van der Waals surface area contributed by atoms with Crippen molar-refractivity contribution in [1.29, 1.82) is 0 Å². The predicted octanol–water partition coefficient (Wildman–Crippen LogP) is 6.06. The molecule has 2 unspecified atom stereocenters. The van der Waals surface area contributed by atoms with Gasteiger partial charge in [-0.05, 0) is 74.7 Å². The van der Waals surface area contributed by atoms with Crippen LogP contribution in [0.5, 0.6) is 5.75 Å². The van der Waals surface area contributed by atoms with Gasteiger partial charge < -0.3 is 15.0 Å². The summed E-state index contributed by atoms with van der Waals surface area (Å²) in [5.74, 6) is -0.253. The Kier molecular flexibility index (Phi) is 11.6. The van der Waals surface area contributed by atoms with Gasteiger partial charge in [0.2, 0.25) is 11.8 Å². The number of hydrogen-bond acceptors (Lipinski definition) is 5. The standard InChI is InChI=1S/C37H43N3O5S/c1-6-29(4)38-37(42)35(24-30-10-8-7-9-11-30)39(25-31-16-12-27(2)13-17-31)36(41)26-40(32-18-20-33(45-5)21-19-32)46(43,44)34-22-14-28(3)15-23-34/h7-23,29,35H,6,24-26H2,1-5H3,(H,38,42). The summed E-state index contributed by atoms with van der Waals surface area (Å²) >= 11 is 0. The first-order valence-electron chi connectivity index (χ1n) is 15.4. The Bertz CT molecular complexity index is 1690. The van der Waals surface area contributed by atoms with E-state index in [1.54, 1.807) is 36.4 Å². The molecule has 0 fully saturated rings. The molecule has 0 radical (unpaired) electrons. The van der Waals surface area contributed by atoms with E-state index in [2.05, 4.69) is 5.32 Å². The second-order valence-corrected chi connectivity index (χ2v) is 13.4. The molecule has 0 heterocycles. The van der Waals surface area contributed by atoms with E-state index in [0.29, 0.717) is 11.4 Å². The van der Waals surface area contributed by atoms with Gasteiger partial charge in [0.15, 0.2) is 0 Å². The van der Waals surface area contributed by atoms with E-state index >= 15 is 0 Å². The maximum absolute atomic E-state index is 14.6. The van der Waals surface area contributed by atoms with Gasteiger partial charge in [0.25, 0.3) is 10.0 Å². The number of benzene rings is 4. The zero-order chi connectivity index (χ0) is 33.3. The number of hydrogen-bond donors (Lipinski definition) is 1. The van der Waals surface area contributed by atoms with E-state index in [-0.39, 0.29) is 29.8 Å². The van der Waals surface area contributed by atoms with Crippen molar-refractivity contribution in [2.75, 3.05) is 18.0 Å². The Morgan fingerprint density at radius 2 is 1.39 bits per heavy atom. The average molecular weight is 642 g/mol. The van der Waals surface area contributed by atoms with Crippen molar-refractivity contribution in [3.05, 3.63) is 125 Å². The number of nitrogens with zero attached hydrogens (tertiary/aromatic N) is 2. The summed E-state index contributed by atoms with van der Waals surface area (Å²) in [7, 11) is -2.65. The summed E-state index contributed by atoms with van der Waals surface area (Å²) in [5, 5.41) is 3.06. The van der Waals surface area contributed by atoms with Gasteiger partial charge in [0, 0.05) is 19.0 Å². The number of nitrogens with one attached hydrogen (secondary N) is 1. The number of rotatable bonds is 14. The second-order valence-electron chi connectivity index (χ2n) is 11.6. The Labute approximate surface area is 273 Å². The third kappa shape index (κ3) is 8.75. The van der Waals surface area contributed by atoms with Crippen molar-refractivity contribution in [1.82, 2.24) is 10.2 Å². The molecule has 0 saturated carbocycles. The zero-order valence-corrected chi connectivity index (χ0v) is 28.0. The molecule has 4 aromatic carbocycles. The van der Waals surface area contributed by atoms with Crippen LogP contribution in [-0.2, 0) is 32.6 Å². The lowest BCUT2D eigenvalue weighted by atomic mass is 10.0. The van der Waals surface area contributed by atoms with Crippen molar-refractivity contribution in [2.24, 2.45) is 0 Å². The molecule has 242 valence electrons. The highest BCUT2D eigenvalue weighted by molar-refractivity contribution is 7.92. The van der Waals surface area contributed by atoms with Gasteiger partial charge in [-0.15, -0.1) is 0 Å². The predicted molar refractivity (Wildman–Crippen MR) is 182 cm³/mol. The van der Waals surface area contributed by atoms with E-state index in [4.69, 9.17) is 4.74 Å². The van der Waals surface area contributed by atoms with Crippen LogP contribution in [0.1, 0.15) is 42.5 Å². The number of aryl methyl sites for hydroxylation is 2. The Balaban J connectivity index is 1.80. The molecule has 2 amide bonds. The molecule has 1 N–H and O–H groups in total. The summed E-state index contributed by atoms with van der Waals surface area (Å²) in [6.45, 7) is 7.36. The van der Waals surface area contributed by atoms with Crippen LogP contribution in [0.15, 0.2) is 108 Å². The van der Waals surface area contributed by atoms with E-state index in [1.165, 1.54) is 24.1 Å². The van der Waals surface area contributed by atoms with Gasteiger partial charge in [-0.2, -0.15) is 0 Å². The minimum atomic E-state index is -4.18. The average Bonchev–Trinajstić information content (AvgIpc) is 3.06. The Morgan fingerprint density at radius 3 is 1.96 bits per heavy atom. The molecular weight excluding hydrogens is 598 g/mol. The van der Waals surface area contributed by atoms with Crippen molar-refractivity contribution in [2.45, 2.75) is 64.1 Å². The lowest BCUT2D eigenvalue weighted by Gasteiger charge is -2.34. The molecule has 0 saturated heterocycles. The van der Waals surface area contributed by atoms with Gasteiger partial charge >= 0.3 is 0 Å². The van der Waals surface area contributed by atoms with Crippen LogP contribution in [0.3, 0.4) is 0 Å². The molecule has 4 rings (SSSR count). The Hall–Kier alpha value is -4.63. The fourth-order valence-electron chi connectivity index (χ4n) is 5.00. The highest BCUT2D eigenvalue weighted by Crippen LogP contribution is 2.27. The fraction of sp³-hybridized carbons (Fsp3) is 0.297. The van der Waals surface area contributed by atoms with E-state index in [9.17, 15) is 18.0 Å². The smallest absolute Gasteiger partial charge is 0.264 e. The maximum atomic E-state index is 14.6. The molecule has 0 aliphatic heterocycles. The lowest BCUT2D eigenvalue weighted by molar-refractivity contribution is -0.140. The highest BCUT2D eigenvalue weighted by atomic mass is 32.2. The number of anilines is 1. The number of carbonyl (C=O) groups is 2. The molecule has 46 heavy (non-hydrogen) atoms. The van der Waals surface area contributed by atoms with Crippen LogP contribution in [0.25, 0.3) is 0 Å². The normalized spacial score (nSPS) is 12.5. The molecule has 0 spiro atoms. The van der Waals surface area contributed by atoms with E-state index in [1.807, 2.05) is 82.3 Å². The molecule has 8 nitrogen and oxygen atoms in total. The maximum Gasteiger partial charge on any atom is 0.264 e. The second kappa shape index (κ2) is 15.6. The van der Waals surface area contributed by atoms with Gasteiger partial charge in [-0.25, -0.2) is 8.42 Å². The first kappa shape index (κ1) is 34.2. The highest BCUT2D eigenvalue weighted by Gasteiger charge is 2.35. The first-order valence-corrected chi connectivity index (χ1v) is 16.9. The summed E-state index contributed by atoms with van der Waals surface area (Å²) in [6, 6.07) is 29.3. The van der Waals surface area contributed by atoms with Gasteiger partial charge in [0.05, 0.1) is 17.7 Å². The van der Waals surface area contributed by atoms with Crippen LogP contribution in [-0.4, -0.2) is 50.9 Å². The minimum absolute atomic E-state index is 0.0575. The number of ether oxygens (including phenoxy) is 1. The third-order valence-electron chi connectivity index (χ3n) is 7.99. The SMILES string of the molecule is CCC(C)NC(=O)C(Cc1ccccc1)N(Cc1ccc(C)cc1)C(=O)CN(c1ccc(OC)cc1)S(=O)(=O)c1ccc(C)cc1. The van der Waals surface area contributed by atoms with Crippen LogP contribution >= 0.6 is 0 Å². The first-order chi connectivity index (χ1) is 22.0. The summed E-state index contributed by atoms with van der Waals surface area (Å²) in [6.07, 6.45) is 0.976. The quantitative estimate of drug-likeness (QED) is 0.181. The van der Waals surface area contributed by atoms with Crippen LogP contribution in [0.2, 0.25) is 0 Å². The number of methoxy groups -OCH3 is 1. The summed E-state index contributed by atoms with van der Waals surface area (Å²) in [5.41, 5.74) is 3.98. The van der Waals surface area contributed by atoms with Gasteiger partial charge in [-0.3, -0.25) is 13.9 Å².